The molecule has 5 N–H and O–H groups in total. The van der Waals surface area contributed by atoms with Crippen LogP contribution >= 0.6 is 0 Å². The highest BCUT2D eigenvalue weighted by Crippen LogP contribution is 2.33. The average Bonchev–Trinajstić information content (AvgIpc) is 2.58. The molecule has 0 radical (unpaired) electrons. The number of benzene rings is 2. The average molecular weight is 481 g/mol. The molecule has 0 unspecified atom stereocenters. The van der Waals surface area contributed by atoms with Gasteiger partial charge in [-0.2, -0.15) is 16.8 Å². The largest absolute Gasteiger partial charge is 0.506 e. The van der Waals surface area contributed by atoms with Crippen LogP contribution in [0.3, 0.4) is 0 Å². The highest BCUT2D eigenvalue weighted by atomic mass is 32.3. The maximum Gasteiger partial charge on any atom is 0.397 e. The number of nitrogen functional groups attached to an aromatic ring is 1. The van der Waals surface area contributed by atoms with Crippen LogP contribution in [0.15, 0.2) is 56.4 Å². The Kier molecular flexibility index (Phi) is 6.80. The summed E-state index contributed by atoms with van der Waals surface area (Å²) in [5.41, 5.74) is 5.19. The van der Waals surface area contributed by atoms with Gasteiger partial charge in [0.25, 0.3) is 10.1 Å². The number of nitrogens with zero attached hydrogens (tertiary/aromatic N) is 2. The summed E-state index contributed by atoms with van der Waals surface area (Å²) in [6.07, 6.45) is 0. The molecule has 0 aliphatic carbocycles. The Morgan fingerprint density at radius 3 is 2.07 bits per heavy atom. The van der Waals surface area contributed by atoms with E-state index in [2.05, 4.69) is 14.4 Å². The van der Waals surface area contributed by atoms with Gasteiger partial charge in [-0.05, 0) is 30.3 Å². The molecule has 164 valence electrons. The van der Waals surface area contributed by atoms with Crippen LogP contribution in [0, 0.1) is 0 Å². The van der Waals surface area contributed by atoms with Crippen molar-refractivity contribution in [3.05, 3.63) is 36.4 Å². The van der Waals surface area contributed by atoms with Crippen LogP contribution in [-0.2, 0) is 34.5 Å². The molecule has 2 aromatic rings. The number of hydrogen-bond donors (Lipinski definition) is 4. The van der Waals surface area contributed by atoms with Crippen molar-refractivity contribution in [2.24, 2.45) is 10.2 Å². The minimum Gasteiger partial charge on any atom is -0.506 e. The molecule has 0 aliphatic rings. The van der Waals surface area contributed by atoms with E-state index in [1.165, 1.54) is 18.2 Å². The Hall–Kier alpha value is -2.63. The van der Waals surface area contributed by atoms with Crippen molar-refractivity contribution in [3.8, 4) is 5.75 Å². The molecule has 0 spiro atoms. The molecule has 13 nitrogen and oxygen atoms in total. The monoisotopic (exact) mass is 481 g/mol. The number of phenolic OH excluding ortho intramolecular Hbond substituents is 1. The van der Waals surface area contributed by atoms with Gasteiger partial charge < -0.3 is 10.8 Å². The molecule has 0 saturated carbocycles. The maximum atomic E-state index is 12.2. The second kappa shape index (κ2) is 8.62. The summed E-state index contributed by atoms with van der Waals surface area (Å²) >= 11 is 0. The van der Waals surface area contributed by atoms with E-state index in [9.17, 15) is 34.9 Å². The molecule has 0 heterocycles. The lowest BCUT2D eigenvalue weighted by Gasteiger charge is -2.08. The number of hydrogen-bond acceptors (Lipinski definition) is 11. The van der Waals surface area contributed by atoms with Crippen molar-refractivity contribution in [2.45, 2.75) is 9.79 Å². The number of rotatable bonds is 8. The van der Waals surface area contributed by atoms with E-state index < -0.39 is 58.2 Å². The van der Waals surface area contributed by atoms with E-state index in [0.29, 0.717) is 6.07 Å². The molecular formula is C14H15N3O10S3. The summed E-state index contributed by atoms with van der Waals surface area (Å²) in [7, 11) is -14.1. The number of sulfone groups is 1. The van der Waals surface area contributed by atoms with Crippen molar-refractivity contribution >= 4 is 47.4 Å². The number of azo groups is 1. The molecular weight excluding hydrogens is 466 g/mol. The van der Waals surface area contributed by atoms with Crippen LogP contribution in [0.25, 0.3) is 0 Å². The van der Waals surface area contributed by atoms with Gasteiger partial charge in [0.2, 0.25) is 0 Å². The van der Waals surface area contributed by atoms with E-state index in [-0.39, 0.29) is 17.1 Å². The van der Waals surface area contributed by atoms with Crippen LogP contribution in [0.2, 0.25) is 0 Å². The molecule has 0 bridgehead atoms. The lowest BCUT2D eigenvalue weighted by molar-refractivity contribution is 0.284. The standard InChI is InChI=1S/C14H15N3O10S3/c15-9-1-3-11(13(18)7-9)16-17-12-4-2-10(8-14(12)29(21,22)23)28(19,20)6-5-27-30(24,25)26/h1-4,7-8,18H,5-6,15H2,(H,21,22,23)(H,24,25,26)/b17-16+. The third-order valence-corrected chi connectivity index (χ3v) is 6.44. The van der Waals surface area contributed by atoms with Gasteiger partial charge in [-0.1, -0.05) is 0 Å². The molecule has 0 fully saturated rings. The topological polar surface area (TPSA) is 223 Å². The van der Waals surface area contributed by atoms with Gasteiger partial charge in [-0.25, -0.2) is 12.6 Å². The predicted octanol–water partition coefficient (Wildman–Crippen LogP) is 1.23. The summed E-state index contributed by atoms with van der Waals surface area (Å²) in [4.78, 5) is -1.50. The lowest BCUT2D eigenvalue weighted by Crippen LogP contribution is -2.16. The van der Waals surface area contributed by atoms with E-state index in [1.807, 2.05) is 0 Å². The first-order valence-corrected chi connectivity index (χ1v) is 12.1. The fourth-order valence-corrected chi connectivity index (χ4v) is 4.31. The number of phenols is 1. The summed E-state index contributed by atoms with van der Waals surface area (Å²) in [5.74, 6) is -1.28. The Balaban J connectivity index is 2.41. The molecule has 2 rings (SSSR count). The highest BCUT2D eigenvalue weighted by molar-refractivity contribution is 7.91. The van der Waals surface area contributed by atoms with Gasteiger partial charge >= 0.3 is 10.4 Å². The number of aromatic hydroxyl groups is 1. The van der Waals surface area contributed by atoms with Crippen LogP contribution in [0.4, 0.5) is 17.1 Å². The third kappa shape index (κ3) is 6.44. The first-order chi connectivity index (χ1) is 13.7. The highest BCUT2D eigenvalue weighted by Gasteiger charge is 2.23. The Bertz CT molecular complexity index is 1300. The third-order valence-electron chi connectivity index (χ3n) is 3.42. The fourth-order valence-electron chi connectivity index (χ4n) is 2.08. The smallest absolute Gasteiger partial charge is 0.397 e. The van der Waals surface area contributed by atoms with Crippen molar-refractivity contribution in [1.29, 1.82) is 0 Å². The van der Waals surface area contributed by atoms with Gasteiger partial charge in [0, 0.05) is 11.8 Å². The molecule has 30 heavy (non-hydrogen) atoms. The first-order valence-electron chi connectivity index (χ1n) is 7.65. The van der Waals surface area contributed by atoms with Gasteiger partial charge in [-0.3, -0.25) is 9.11 Å². The quantitative estimate of drug-likeness (QED) is 0.238. The van der Waals surface area contributed by atoms with E-state index in [0.717, 1.165) is 12.1 Å². The van der Waals surface area contributed by atoms with E-state index in [4.69, 9.17) is 10.3 Å². The molecule has 0 amide bonds. The maximum absolute atomic E-state index is 12.2. The Morgan fingerprint density at radius 2 is 1.50 bits per heavy atom. The van der Waals surface area contributed by atoms with E-state index in [1.54, 1.807) is 0 Å². The summed E-state index contributed by atoms with van der Waals surface area (Å²) in [5, 5.41) is 17.0. The van der Waals surface area contributed by atoms with Crippen LogP contribution in [0.5, 0.6) is 5.75 Å². The number of anilines is 1. The summed E-state index contributed by atoms with van der Waals surface area (Å²) in [6.45, 7) is -0.930. The number of nitrogens with two attached hydrogens (primary N) is 1. The van der Waals surface area contributed by atoms with Crippen molar-refractivity contribution in [1.82, 2.24) is 0 Å². The predicted molar refractivity (Wildman–Crippen MR) is 103 cm³/mol. The normalized spacial score (nSPS) is 13.0. The second-order valence-corrected chi connectivity index (χ2v) is 10.2. The summed E-state index contributed by atoms with van der Waals surface area (Å²) in [6, 6.07) is 6.31. The molecule has 0 atom stereocenters. The van der Waals surface area contributed by atoms with Crippen LogP contribution in [-0.4, -0.2) is 51.8 Å². The van der Waals surface area contributed by atoms with Crippen LogP contribution in [0.1, 0.15) is 0 Å². The SMILES string of the molecule is Nc1ccc(/N=N/c2ccc(S(=O)(=O)CCOS(=O)(=O)O)cc2S(=O)(=O)O)c(O)c1. The van der Waals surface area contributed by atoms with Gasteiger partial charge in [-0.15, -0.1) is 10.2 Å². The minimum absolute atomic E-state index is 0.0791. The molecule has 2 aromatic carbocycles. The molecule has 0 aromatic heterocycles. The van der Waals surface area contributed by atoms with Crippen LogP contribution < -0.4 is 5.73 Å². The van der Waals surface area contributed by atoms with Gasteiger partial charge in [0.05, 0.1) is 17.3 Å². The van der Waals surface area contributed by atoms with Gasteiger partial charge in [0.1, 0.15) is 22.0 Å². The van der Waals surface area contributed by atoms with Crippen molar-refractivity contribution < 1.29 is 43.6 Å². The molecule has 0 aliphatic heterocycles. The van der Waals surface area contributed by atoms with Crippen molar-refractivity contribution in [2.75, 3.05) is 18.1 Å². The molecule has 0 saturated heterocycles. The zero-order chi connectivity index (χ0) is 22.7. The lowest BCUT2D eigenvalue weighted by atomic mass is 10.2. The van der Waals surface area contributed by atoms with Crippen molar-refractivity contribution in [3.63, 3.8) is 0 Å². The minimum atomic E-state index is -4.95. The Morgan fingerprint density at radius 1 is 0.900 bits per heavy atom. The molecule has 16 heteroatoms. The zero-order valence-electron chi connectivity index (χ0n) is 14.8. The fraction of sp³-hybridized carbons (Fsp3) is 0.143. The second-order valence-electron chi connectivity index (χ2n) is 5.62. The van der Waals surface area contributed by atoms with E-state index >= 15 is 0 Å². The Labute approximate surface area is 171 Å². The summed E-state index contributed by atoms with van der Waals surface area (Å²) < 4.78 is 90.6. The van der Waals surface area contributed by atoms with Gasteiger partial charge in [0.15, 0.2) is 9.84 Å². The first kappa shape index (κ1) is 23.6. The zero-order valence-corrected chi connectivity index (χ0v) is 17.2.